The van der Waals surface area contributed by atoms with Gasteiger partial charge in [-0.25, -0.2) is 15.0 Å². The Morgan fingerprint density at radius 2 is 2.26 bits per heavy atom. The van der Waals surface area contributed by atoms with Gasteiger partial charge in [-0.15, -0.1) is 11.3 Å². The normalized spacial score (nSPS) is 10.6. The number of aromatic amines is 1. The highest BCUT2D eigenvalue weighted by Crippen LogP contribution is 2.27. The van der Waals surface area contributed by atoms with Gasteiger partial charge in [0.15, 0.2) is 0 Å². The van der Waals surface area contributed by atoms with Crippen LogP contribution in [-0.4, -0.2) is 31.4 Å². The number of hydrogen-bond donors (Lipinski definition) is 3. The molecule has 4 N–H and O–H groups in total. The van der Waals surface area contributed by atoms with E-state index in [-0.39, 0.29) is 17.3 Å². The van der Waals surface area contributed by atoms with Gasteiger partial charge in [0.25, 0.3) is 0 Å². The van der Waals surface area contributed by atoms with Gasteiger partial charge >= 0.3 is 5.69 Å². The molecule has 0 aromatic carbocycles. The van der Waals surface area contributed by atoms with Crippen molar-refractivity contribution in [1.29, 1.82) is 0 Å². The summed E-state index contributed by atoms with van der Waals surface area (Å²) in [5, 5.41) is 15.9. The molecule has 0 aliphatic rings. The summed E-state index contributed by atoms with van der Waals surface area (Å²) in [5.41, 5.74) is 7.06. The molecule has 0 saturated heterocycles. The van der Waals surface area contributed by atoms with E-state index in [4.69, 9.17) is 5.73 Å². The van der Waals surface area contributed by atoms with Gasteiger partial charge in [0.2, 0.25) is 11.6 Å². The second-order valence-electron chi connectivity index (χ2n) is 4.60. The topological polar surface area (TPSA) is 136 Å². The van der Waals surface area contributed by atoms with Gasteiger partial charge in [-0.2, -0.15) is 0 Å². The highest BCUT2D eigenvalue weighted by Gasteiger charge is 2.20. The smallest absolute Gasteiger partial charge is 0.352 e. The zero-order chi connectivity index (χ0) is 16.2. The van der Waals surface area contributed by atoms with E-state index in [0.717, 1.165) is 16.3 Å². The summed E-state index contributed by atoms with van der Waals surface area (Å²) in [6.07, 6.45) is 3.43. The van der Waals surface area contributed by atoms with Gasteiger partial charge in [0.05, 0.1) is 16.1 Å². The first-order valence-electron chi connectivity index (χ1n) is 6.71. The van der Waals surface area contributed by atoms with Crippen molar-refractivity contribution in [2.45, 2.75) is 6.42 Å². The number of thiophene rings is 1. The second kappa shape index (κ2) is 6.40. The number of hydrogen-bond acceptors (Lipinski definition) is 8. The third-order valence-corrected chi connectivity index (χ3v) is 4.05. The molecule has 0 bridgehead atoms. The molecule has 0 amide bonds. The van der Waals surface area contributed by atoms with E-state index in [1.165, 1.54) is 6.33 Å². The lowest BCUT2D eigenvalue weighted by Gasteiger charge is -2.06. The minimum atomic E-state index is -0.592. The van der Waals surface area contributed by atoms with Gasteiger partial charge in [0.1, 0.15) is 12.0 Å². The van der Waals surface area contributed by atoms with Crippen LogP contribution >= 0.6 is 11.3 Å². The average Bonchev–Trinajstić information content (AvgIpc) is 3.17. The van der Waals surface area contributed by atoms with Crippen molar-refractivity contribution in [2.75, 3.05) is 17.6 Å². The van der Waals surface area contributed by atoms with Crippen LogP contribution in [0, 0.1) is 10.1 Å². The van der Waals surface area contributed by atoms with Crippen molar-refractivity contribution in [3.63, 3.8) is 0 Å². The van der Waals surface area contributed by atoms with Gasteiger partial charge in [-0.3, -0.25) is 10.1 Å². The Morgan fingerprint density at radius 1 is 1.39 bits per heavy atom. The van der Waals surface area contributed by atoms with E-state index in [2.05, 4.69) is 25.3 Å². The summed E-state index contributed by atoms with van der Waals surface area (Å²) in [6.45, 7) is 0.442. The zero-order valence-corrected chi connectivity index (χ0v) is 12.7. The van der Waals surface area contributed by atoms with Crippen molar-refractivity contribution in [1.82, 2.24) is 19.9 Å². The number of anilines is 2. The van der Waals surface area contributed by atoms with Crippen LogP contribution in [0.3, 0.4) is 0 Å². The number of imidazole rings is 1. The predicted octanol–water partition coefficient (Wildman–Crippen LogP) is 2.07. The van der Waals surface area contributed by atoms with Crippen LogP contribution in [0.5, 0.6) is 0 Å². The van der Waals surface area contributed by atoms with E-state index < -0.39 is 4.92 Å². The van der Waals surface area contributed by atoms with Crippen LogP contribution in [0.25, 0.3) is 10.6 Å². The first-order valence-corrected chi connectivity index (χ1v) is 7.59. The molecule has 118 valence electrons. The Bertz CT molecular complexity index is 816. The van der Waals surface area contributed by atoms with E-state index in [9.17, 15) is 10.1 Å². The summed E-state index contributed by atoms with van der Waals surface area (Å²) in [4.78, 5) is 26.4. The van der Waals surface area contributed by atoms with Crippen molar-refractivity contribution >= 4 is 28.7 Å². The van der Waals surface area contributed by atoms with E-state index in [0.29, 0.717) is 13.0 Å². The second-order valence-corrected chi connectivity index (χ2v) is 5.54. The van der Waals surface area contributed by atoms with Gasteiger partial charge in [0, 0.05) is 18.7 Å². The zero-order valence-electron chi connectivity index (χ0n) is 11.9. The lowest BCUT2D eigenvalue weighted by molar-refractivity contribution is -0.383. The summed E-state index contributed by atoms with van der Waals surface area (Å²) < 4.78 is 0. The van der Waals surface area contributed by atoms with Gasteiger partial charge < -0.3 is 16.0 Å². The molecule has 9 nitrogen and oxygen atoms in total. The molecule has 0 aliphatic carbocycles. The molecule has 0 atom stereocenters. The van der Waals surface area contributed by atoms with Crippen molar-refractivity contribution in [2.24, 2.45) is 0 Å². The number of nitrogens with two attached hydrogens (primary N) is 1. The summed E-state index contributed by atoms with van der Waals surface area (Å²) in [7, 11) is 0. The SMILES string of the molecule is Nc1ncnc(NCCc2[nH]cnc2-c2cccs2)c1[N+](=O)[O-]. The molecule has 0 unspecified atom stereocenters. The van der Waals surface area contributed by atoms with Crippen LogP contribution in [0.15, 0.2) is 30.2 Å². The predicted molar refractivity (Wildman–Crippen MR) is 87.2 cm³/mol. The molecular weight excluding hydrogens is 318 g/mol. The molecule has 0 radical (unpaired) electrons. The maximum absolute atomic E-state index is 11.0. The quantitative estimate of drug-likeness (QED) is 0.464. The van der Waals surface area contributed by atoms with Crippen molar-refractivity contribution < 1.29 is 4.92 Å². The maximum Gasteiger partial charge on any atom is 0.352 e. The highest BCUT2D eigenvalue weighted by molar-refractivity contribution is 7.13. The molecule has 0 spiro atoms. The van der Waals surface area contributed by atoms with Gasteiger partial charge in [-0.05, 0) is 11.4 Å². The average molecular weight is 331 g/mol. The highest BCUT2D eigenvalue weighted by atomic mass is 32.1. The molecule has 0 saturated carbocycles. The number of aromatic nitrogens is 4. The standard InChI is InChI=1S/C13H13N7O2S/c14-12-11(20(21)22)13(19-7-18-12)15-4-3-8-10(17-6-16-8)9-2-1-5-23-9/h1-2,5-7H,3-4H2,(H,16,17)(H3,14,15,18,19). The molecular formula is C13H13N7O2S. The van der Waals surface area contributed by atoms with Crippen LogP contribution in [0.1, 0.15) is 5.69 Å². The Kier molecular flexibility index (Phi) is 4.15. The fourth-order valence-corrected chi connectivity index (χ4v) is 2.89. The largest absolute Gasteiger partial charge is 0.378 e. The van der Waals surface area contributed by atoms with Gasteiger partial charge in [-0.1, -0.05) is 6.07 Å². The Morgan fingerprint density at radius 3 is 3.00 bits per heavy atom. The number of nitrogens with zero attached hydrogens (tertiary/aromatic N) is 4. The first kappa shape index (κ1) is 14.9. The number of nitrogens with one attached hydrogen (secondary N) is 2. The van der Waals surface area contributed by atoms with Crippen LogP contribution in [-0.2, 0) is 6.42 Å². The summed E-state index contributed by atoms with van der Waals surface area (Å²) in [5.74, 6) is -0.0481. The fraction of sp³-hybridized carbons (Fsp3) is 0.154. The molecule has 0 fully saturated rings. The molecule has 3 aromatic heterocycles. The monoisotopic (exact) mass is 331 g/mol. The van der Waals surface area contributed by atoms with Crippen molar-refractivity contribution in [3.05, 3.63) is 46.0 Å². The lowest BCUT2D eigenvalue weighted by atomic mass is 10.2. The number of rotatable bonds is 6. The van der Waals surface area contributed by atoms with E-state index in [1.807, 2.05) is 17.5 Å². The van der Waals surface area contributed by atoms with Crippen LogP contribution < -0.4 is 11.1 Å². The van der Waals surface area contributed by atoms with Crippen molar-refractivity contribution in [3.8, 4) is 10.6 Å². The minimum Gasteiger partial charge on any atom is -0.378 e. The maximum atomic E-state index is 11.0. The molecule has 10 heteroatoms. The first-order chi connectivity index (χ1) is 11.2. The number of H-pyrrole nitrogens is 1. The molecule has 3 rings (SSSR count). The molecule has 0 aliphatic heterocycles. The fourth-order valence-electron chi connectivity index (χ4n) is 2.14. The Labute approximate surface area is 134 Å². The summed E-state index contributed by atoms with van der Waals surface area (Å²) >= 11 is 1.60. The number of nitrogen functional groups attached to an aromatic ring is 1. The molecule has 3 heterocycles. The number of nitro groups is 1. The van der Waals surface area contributed by atoms with E-state index in [1.54, 1.807) is 17.7 Å². The minimum absolute atomic E-state index is 0.111. The Hall–Kier alpha value is -3.01. The van der Waals surface area contributed by atoms with Crippen LogP contribution in [0.4, 0.5) is 17.3 Å². The third kappa shape index (κ3) is 3.11. The molecule has 3 aromatic rings. The lowest BCUT2D eigenvalue weighted by Crippen LogP contribution is -2.11. The summed E-state index contributed by atoms with van der Waals surface area (Å²) in [6, 6.07) is 3.96. The van der Waals surface area contributed by atoms with E-state index >= 15 is 0 Å². The Balaban J connectivity index is 1.71. The third-order valence-electron chi connectivity index (χ3n) is 3.17. The van der Waals surface area contributed by atoms with Crippen LogP contribution in [0.2, 0.25) is 0 Å². The molecule has 23 heavy (non-hydrogen) atoms.